The van der Waals surface area contributed by atoms with Gasteiger partial charge in [0.1, 0.15) is 6.54 Å². The number of hydrogen-bond acceptors (Lipinski definition) is 5. The van der Waals surface area contributed by atoms with Crippen LogP contribution in [0.2, 0.25) is 5.02 Å². The summed E-state index contributed by atoms with van der Waals surface area (Å²) in [6, 6.07) is 15.2. The van der Waals surface area contributed by atoms with Gasteiger partial charge < -0.3 is 4.90 Å². The number of thioether (sulfide) groups is 1. The van der Waals surface area contributed by atoms with Crippen LogP contribution < -0.4 is 0 Å². The van der Waals surface area contributed by atoms with Crippen molar-refractivity contribution in [1.82, 2.24) is 9.80 Å². The number of amides is 3. The second kappa shape index (κ2) is 10.6. The molecule has 0 radical (unpaired) electrons. The first-order chi connectivity index (χ1) is 15.5. The minimum absolute atomic E-state index is 0.158. The van der Waals surface area contributed by atoms with Crippen LogP contribution in [0.5, 0.6) is 0 Å². The van der Waals surface area contributed by atoms with Gasteiger partial charge in [0.2, 0.25) is 5.91 Å². The molecule has 0 spiro atoms. The van der Waals surface area contributed by atoms with Gasteiger partial charge in [0.15, 0.2) is 0 Å². The topological polar surface area (TPSA) is 57.7 Å². The van der Waals surface area contributed by atoms with Crippen molar-refractivity contribution in [3.63, 3.8) is 0 Å². The van der Waals surface area contributed by atoms with E-state index in [9.17, 15) is 14.4 Å². The average molecular weight is 487 g/mol. The molecule has 2 aliphatic heterocycles. The lowest BCUT2D eigenvalue weighted by Crippen LogP contribution is -2.42. The predicted molar refractivity (Wildman–Crippen MR) is 130 cm³/mol. The fraction of sp³-hybridized carbons (Fsp3) is 0.292. The summed E-state index contributed by atoms with van der Waals surface area (Å²) >= 11 is 8.42. The summed E-state index contributed by atoms with van der Waals surface area (Å²) in [7, 11) is 0. The van der Waals surface area contributed by atoms with E-state index in [1.54, 1.807) is 22.7 Å². The van der Waals surface area contributed by atoms with Gasteiger partial charge in [-0.1, -0.05) is 54.4 Å². The summed E-state index contributed by atoms with van der Waals surface area (Å²) in [5, 5.41) is 0.276. The molecule has 4 rings (SSSR count). The molecule has 2 aromatic rings. The molecule has 0 bridgehead atoms. The van der Waals surface area contributed by atoms with Crippen LogP contribution in [-0.4, -0.2) is 46.5 Å². The van der Waals surface area contributed by atoms with E-state index < -0.39 is 11.1 Å². The fourth-order valence-corrected chi connectivity index (χ4v) is 5.53. The number of rotatable bonds is 5. The van der Waals surface area contributed by atoms with Crippen molar-refractivity contribution in [3.8, 4) is 0 Å². The van der Waals surface area contributed by atoms with Crippen LogP contribution in [0.1, 0.15) is 31.2 Å². The molecule has 0 atom stereocenters. The predicted octanol–water partition coefficient (Wildman–Crippen LogP) is 5.93. The maximum Gasteiger partial charge on any atom is 0.294 e. The van der Waals surface area contributed by atoms with Crippen LogP contribution in [0.3, 0.4) is 0 Å². The highest BCUT2D eigenvalue weighted by atomic mass is 35.5. The molecule has 2 fully saturated rings. The van der Waals surface area contributed by atoms with Crippen molar-refractivity contribution in [2.45, 2.75) is 35.5 Å². The Kier molecular flexibility index (Phi) is 7.60. The van der Waals surface area contributed by atoms with Gasteiger partial charge in [0, 0.05) is 27.9 Å². The first kappa shape index (κ1) is 23.0. The summed E-state index contributed by atoms with van der Waals surface area (Å²) in [5.41, 5.74) is 0.844. The Morgan fingerprint density at radius 2 is 1.69 bits per heavy atom. The number of carbonyl (C=O) groups excluding carboxylic acids is 3. The third kappa shape index (κ3) is 5.57. The smallest absolute Gasteiger partial charge is 0.294 e. The number of likely N-dealkylation sites (tertiary alicyclic amines) is 1. The van der Waals surface area contributed by atoms with E-state index in [4.69, 9.17) is 11.6 Å². The summed E-state index contributed by atoms with van der Waals surface area (Å²) in [5.74, 6) is -0.566. The SMILES string of the molecule is O=C(CN1C(=O)SC(=Cc2ccccc2Sc2ccc(Cl)cc2)C1=O)N1CCCCCC1. The molecule has 0 unspecified atom stereocenters. The Bertz CT molecular complexity index is 1050. The highest BCUT2D eigenvalue weighted by molar-refractivity contribution is 8.18. The van der Waals surface area contributed by atoms with Gasteiger partial charge in [0.05, 0.1) is 4.91 Å². The highest BCUT2D eigenvalue weighted by Gasteiger charge is 2.37. The molecule has 0 aromatic heterocycles. The third-order valence-corrected chi connectivity index (χ3v) is 7.63. The minimum Gasteiger partial charge on any atom is -0.341 e. The monoisotopic (exact) mass is 486 g/mol. The Balaban J connectivity index is 1.49. The maximum atomic E-state index is 12.9. The zero-order valence-corrected chi connectivity index (χ0v) is 19.8. The van der Waals surface area contributed by atoms with E-state index >= 15 is 0 Å². The van der Waals surface area contributed by atoms with Crippen molar-refractivity contribution >= 4 is 58.3 Å². The molecule has 32 heavy (non-hydrogen) atoms. The van der Waals surface area contributed by atoms with Gasteiger partial charge in [0.25, 0.3) is 11.1 Å². The third-order valence-electron chi connectivity index (χ3n) is 5.37. The molecule has 2 aromatic carbocycles. The molecule has 5 nitrogen and oxygen atoms in total. The molecule has 2 heterocycles. The number of benzene rings is 2. The molecule has 0 aliphatic carbocycles. The molecule has 0 N–H and O–H groups in total. The first-order valence-corrected chi connectivity index (χ1v) is 12.6. The van der Waals surface area contributed by atoms with Crippen LogP contribution in [0.25, 0.3) is 6.08 Å². The number of imide groups is 1. The van der Waals surface area contributed by atoms with Gasteiger partial charge in [-0.05, 0) is 66.6 Å². The highest BCUT2D eigenvalue weighted by Crippen LogP contribution is 2.36. The molecule has 2 aliphatic rings. The summed E-state index contributed by atoms with van der Waals surface area (Å²) in [6.45, 7) is 1.20. The lowest BCUT2D eigenvalue weighted by atomic mass is 10.2. The Morgan fingerprint density at radius 3 is 2.41 bits per heavy atom. The molecule has 3 amide bonds. The molecule has 8 heteroatoms. The maximum absolute atomic E-state index is 12.9. The van der Waals surface area contributed by atoms with E-state index in [2.05, 4.69) is 0 Å². The molecule has 0 saturated carbocycles. The largest absolute Gasteiger partial charge is 0.341 e. The van der Waals surface area contributed by atoms with Crippen LogP contribution in [0.4, 0.5) is 4.79 Å². The van der Waals surface area contributed by atoms with Gasteiger partial charge in [-0.15, -0.1) is 0 Å². The van der Waals surface area contributed by atoms with Gasteiger partial charge in [-0.25, -0.2) is 0 Å². The lowest BCUT2D eigenvalue weighted by Gasteiger charge is -2.22. The van der Waals surface area contributed by atoms with Crippen molar-refractivity contribution in [2.75, 3.05) is 19.6 Å². The minimum atomic E-state index is -0.408. The number of halogens is 1. The Labute approximate surface area is 201 Å². The molecule has 166 valence electrons. The molecular formula is C24H23ClN2O3S2. The zero-order chi connectivity index (χ0) is 22.5. The molecule has 2 saturated heterocycles. The van der Waals surface area contributed by atoms with Crippen molar-refractivity contribution in [2.24, 2.45) is 0 Å². The van der Waals surface area contributed by atoms with Crippen molar-refractivity contribution in [3.05, 3.63) is 64.0 Å². The second-order valence-corrected chi connectivity index (χ2v) is 10.2. The fourth-order valence-electron chi connectivity index (χ4n) is 3.66. The Hall–Kier alpha value is -2.22. The van der Waals surface area contributed by atoms with E-state index in [-0.39, 0.29) is 12.5 Å². The Morgan fingerprint density at radius 1 is 1.00 bits per heavy atom. The van der Waals surface area contributed by atoms with Crippen molar-refractivity contribution < 1.29 is 14.4 Å². The van der Waals surface area contributed by atoms with Crippen LogP contribution in [0.15, 0.2) is 63.2 Å². The van der Waals surface area contributed by atoms with E-state index in [0.717, 1.165) is 57.7 Å². The van der Waals surface area contributed by atoms with Gasteiger partial charge in [-0.3, -0.25) is 19.3 Å². The van der Waals surface area contributed by atoms with Crippen LogP contribution in [-0.2, 0) is 9.59 Å². The standard InChI is InChI=1S/C24H23ClN2O3S2/c25-18-9-11-19(12-10-18)31-20-8-4-3-7-17(20)15-21-23(29)27(24(30)32-21)16-22(28)26-13-5-1-2-6-14-26/h3-4,7-12,15H,1-2,5-6,13-14,16H2. The average Bonchev–Trinajstić information content (AvgIpc) is 2.98. The first-order valence-electron chi connectivity index (χ1n) is 10.6. The lowest BCUT2D eigenvalue weighted by molar-refractivity contribution is -0.135. The van der Waals surface area contributed by atoms with Crippen molar-refractivity contribution in [1.29, 1.82) is 0 Å². The van der Waals surface area contributed by atoms with E-state index in [0.29, 0.717) is 23.0 Å². The number of carbonyl (C=O) groups is 3. The van der Waals surface area contributed by atoms with Gasteiger partial charge >= 0.3 is 0 Å². The summed E-state index contributed by atoms with van der Waals surface area (Å²) < 4.78 is 0. The number of nitrogens with zero attached hydrogens (tertiary/aromatic N) is 2. The summed E-state index contributed by atoms with van der Waals surface area (Å²) in [4.78, 5) is 43.3. The quantitative estimate of drug-likeness (QED) is 0.490. The van der Waals surface area contributed by atoms with E-state index in [1.807, 2.05) is 48.5 Å². The van der Waals surface area contributed by atoms with E-state index in [1.165, 1.54) is 0 Å². The molecular weight excluding hydrogens is 464 g/mol. The number of hydrogen-bond donors (Lipinski definition) is 0. The second-order valence-electron chi connectivity index (χ2n) is 7.66. The zero-order valence-electron chi connectivity index (χ0n) is 17.5. The normalized spacial score (nSPS) is 18.3. The van der Waals surface area contributed by atoms with Gasteiger partial charge in [-0.2, -0.15) is 0 Å². The van der Waals surface area contributed by atoms with Crippen LogP contribution >= 0.6 is 35.1 Å². The summed E-state index contributed by atoms with van der Waals surface area (Å²) in [6.07, 6.45) is 5.90. The van der Waals surface area contributed by atoms with Crippen LogP contribution in [0, 0.1) is 0 Å².